The third kappa shape index (κ3) is 3.56. The number of para-hydroxylation sites is 2. The van der Waals surface area contributed by atoms with Gasteiger partial charge in [-0.25, -0.2) is 0 Å². The highest BCUT2D eigenvalue weighted by atomic mass is 16.5. The van der Waals surface area contributed by atoms with Crippen molar-refractivity contribution < 1.29 is 9.53 Å². The van der Waals surface area contributed by atoms with Crippen molar-refractivity contribution in [1.82, 2.24) is 0 Å². The van der Waals surface area contributed by atoms with Crippen LogP contribution in [-0.2, 0) is 4.79 Å². The molecule has 0 fully saturated rings. The fourth-order valence-corrected chi connectivity index (χ4v) is 3.30. The van der Waals surface area contributed by atoms with Gasteiger partial charge in [0.25, 0.3) is 5.91 Å². The molecule has 28 heavy (non-hydrogen) atoms. The van der Waals surface area contributed by atoms with Crippen LogP contribution in [0.5, 0.6) is 5.75 Å². The first-order chi connectivity index (χ1) is 13.6. The third-order valence-corrected chi connectivity index (χ3v) is 4.66. The van der Waals surface area contributed by atoms with Gasteiger partial charge < -0.3 is 4.74 Å². The van der Waals surface area contributed by atoms with Gasteiger partial charge in [-0.2, -0.15) is 0 Å². The number of carbonyl (C=O) groups excluding carboxylic acids is 1. The Morgan fingerprint density at radius 1 is 0.893 bits per heavy atom. The molecule has 0 saturated heterocycles. The molecule has 0 atom stereocenters. The fourth-order valence-electron chi connectivity index (χ4n) is 3.30. The van der Waals surface area contributed by atoms with Crippen LogP contribution in [0.3, 0.4) is 0 Å². The van der Waals surface area contributed by atoms with Gasteiger partial charge in [0.2, 0.25) is 0 Å². The molecule has 0 aromatic heterocycles. The smallest absolute Gasteiger partial charge is 0.263 e. The molecule has 0 aliphatic carbocycles. The van der Waals surface area contributed by atoms with Gasteiger partial charge in [0, 0.05) is 11.3 Å². The average molecular weight is 369 g/mol. The van der Waals surface area contributed by atoms with Crippen molar-refractivity contribution in [3.05, 3.63) is 90.0 Å². The Balaban J connectivity index is 1.67. The molecule has 1 aliphatic rings. The summed E-state index contributed by atoms with van der Waals surface area (Å²) in [5.74, 6) is 1.32. The van der Waals surface area contributed by atoms with Crippen LogP contribution >= 0.6 is 0 Å². The van der Waals surface area contributed by atoms with E-state index in [1.165, 1.54) is 0 Å². The average Bonchev–Trinajstić information content (AvgIpc) is 3.00. The van der Waals surface area contributed by atoms with E-state index in [-0.39, 0.29) is 5.91 Å². The Bertz CT molecular complexity index is 1000. The van der Waals surface area contributed by atoms with Crippen molar-refractivity contribution in [1.29, 1.82) is 0 Å². The van der Waals surface area contributed by atoms with Crippen molar-refractivity contribution in [2.75, 3.05) is 11.5 Å². The number of ether oxygens (including phenoxy) is 1. The number of nitrogens with zero attached hydrogens (tertiary/aromatic N) is 1. The lowest BCUT2D eigenvalue weighted by molar-refractivity contribution is -0.112. The van der Waals surface area contributed by atoms with E-state index in [0.717, 1.165) is 28.3 Å². The molecule has 3 nitrogen and oxygen atoms in total. The number of benzene rings is 3. The Kier molecular flexibility index (Phi) is 4.98. The maximum Gasteiger partial charge on any atom is 0.263 e. The maximum absolute atomic E-state index is 13.2. The van der Waals surface area contributed by atoms with E-state index in [1.807, 2.05) is 84.9 Å². The van der Waals surface area contributed by atoms with Crippen LogP contribution < -0.4 is 9.64 Å². The number of hydrogen-bond acceptors (Lipinski definition) is 2. The predicted molar refractivity (Wildman–Crippen MR) is 115 cm³/mol. The Hall–Kier alpha value is -3.33. The highest BCUT2D eigenvalue weighted by Gasteiger charge is 2.32. The number of hydrogen-bond donors (Lipinski definition) is 0. The van der Waals surface area contributed by atoms with E-state index in [9.17, 15) is 4.79 Å². The third-order valence-electron chi connectivity index (χ3n) is 4.66. The van der Waals surface area contributed by atoms with Gasteiger partial charge in [0.05, 0.1) is 17.9 Å². The standard InChI is InChI=1S/C25H23NO2/c1-18(2)17-28-21-14-12-19(13-15-21)16-23-22-10-6-7-11-24(22)26(25(23)27)20-8-4-3-5-9-20/h3-16,18H,17H2,1-2H3/b23-16+. The van der Waals surface area contributed by atoms with Gasteiger partial charge >= 0.3 is 0 Å². The summed E-state index contributed by atoms with van der Waals surface area (Å²) in [6.45, 7) is 4.94. The summed E-state index contributed by atoms with van der Waals surface area (Å²) < 4.78 is 5.75. The SMILES string of the molecule is CC(C)COc1ccc(/C=C2/C(=O)N(c3ccccc3)c3ccccc32)cc1. The molecule has 0 radical (unpaired) electrons. The highest BCUT2D eigenvalue weighted by Crippen LogP contribution is 2.42. The minimum Gasteiger partial charge on any atom is -0.493 e. The number of anilines is 2. The number of fused-ring (bicyclic) bond motifs is 1. The summed E-state index contributed by atoms with van der Waals surface area (Å²) in [7, 11) is 0. The van der Waals surface area contributed by atoms with Crippen LogP contribution in [0.1, 0.15) is 25.0 Å². The molecule has 0 unspecified atom stereocenters. The lowest BCUT2D eigenvalue weighted by Crippen LogP contribution is -2.20. The van der Waals surface area contributed by atoms with Crippen LogP contribution in [0.2, 0.25) is 0 Å². The quantitative estimate of drug-likeness (QED) is 0.521. The van der Waals surface area contributed by atoms with Gasteiger partial charge in [-0.1, -0.05) is 62.4 Å². The van der Waals surface area contributed by atoms with Crippen molar-refractivity contribution in [3.8, 4) is 5.75 Å². The van der Waals surface area contributed by atoms with Crippen molar-refractivity contribution >= 4 is 28.9 Å². The van der Waals surface area contributed by atoms with Crippen LogP contribution in [0.4, 0.5) is 11.4 Å². The topological polar surface area (TPSA) is 29.5 Å². The van der Waals surface area contributed by atoms with Crippen LogP contribution in [0, 0.1) is 5.92 Å². The van der Waals surface area contributed by atoms with Gasteiger partial charge in [0.15, 0.2) is 0 Å². The molecule has 0 saturated carbocycles. The molecule has 4 rings (SSSR count). The summed E-state index contributed by atoms with van der Waals surface area (Å²) in [6, 6.07) is 25.6. The summed E-state index contributed by atoms with van der Waals surface area (Å²) in [6.07, 6.45) is 1.95. The molecular weight excluding hydrogens is 346 g/mol. The summed E-state index contributed by atoms with van der Waals surface area (Å²) in [4.78, 5) is 15.0. The second-order valence-electron chi connectivity index (χ2n) is 7.33. The molecule has 3 heteroatoms. The number of carbonyl (C=O) groups is 1. The Labute approximate surface area is 165 Å². The van der Waals surface area contributed by atoms with E-state index >= 15 is 0 Å². The van der Waals surface area contributed by atoms with Gasteiger partial charge in [-0.3, -0.25) is 9.69 Å². The van der Waals surface area contributed by atoms with E-state index < -0.39 is 0 Å². The minimum absolute atomic E-state index is 0.00691. The maximum atomic E-state index is 13.2. The zero-order valence-corrected chi connectivity index (χ0v) is 16.1. The van der Waals surface area contributed by atoms with E-state index in [1.54, 1.807) is 4.90 Å². The normalized spacial score (nSPS) is 14.6. The minimum atomic E-state index is -0.00691. The lowest BCUT2D eigenvalue weighted by Gasteiger charge is -2.16. The van der Waals surface area contributed by atoms with Crippen LogP contribution in [0.15, 0.2) is 78.9 Å². The van der Waals surface area contributed by atoms with E-state index in [2.05, 4.69) is 13.8 Å². The van der Waals surface area contributed by atoms with Crippen LogP contribution in [0.25, 0.3) is 11.6 Å². The fraction of sp³-hybridized carbons (Fsp3) is 0.160. The zero-order chi connectivity index (χ0) is 19.5. The van der Waals surface area contributed by atoms with E-state index in [4.69, 9.17) is 4.74 Å². The molecule has 1 amide bonds. The molecule has 3 aromatic rings. The monoisotopic (exact) mass is 369 g/mol. The molecule has 3 aromatic carbocycles. The molecule has 0 spiro atoms. The van der Waals surface area contributed by atoms with Crippen molar-refractivity contribution in [2.45, 2.75) is 13.8 Å². The zero-order valence-electron chi connectivity index (χ0n) is 16.1. The first kappa shape index (κ1) is 18.1. The molecular formula is C25H23NO2. The Morgan fingerprint density at radius 3 is 2.29 bits per heavy atom. The van der Waals surface area contributed by atoms with Crippen LogP contribution in [-0.4, -0.2) is 12.5 Å². The molecule has 0 N–H and O–H groups in total. The molecule has 140 valence electrons. The largest absolute Gasteiger partial charge is 0.493 e. The van der Waals surface area contributed by atoms with Crippen molar-refractivity contribution in [3.63, 3.8) is 0 Å². The van der Waals surface area contributed by atoms with Gasteiger partial charge in [-0.05, 0) is 47.9 Å². The Morgan fingerprint density at radius 2 is 1.57 bits per heavy atom. The van der Waals surface area contributed by atoms with Gasteiger partial charge in [-0.15, -0.1) is 0 Å². The van der Waals surface area contributed by atoms with Crippen molar-refractivity contribution in [2.24, 2.45) is 5.92 Å². The first-order valence-electron chi connectivity index (χ1n) is 9.57. The summed E-state index contributed by atoms with van der Waals surface area (Å²) in [5.41, 5.74) is 4.43. The highest BCUT2D eigenvalue weighted by molar-refractivity contribution is 6.37. The molecule has 0 bridgehead atoms. The predicted octanol–water partition coefficient (Wildman–Crippen LogP) is 5.94. The second-order valence-corrected chi connectivity index (χ2v) is 7.33. The summed E-state index contributed by atoms with van der Waals surface area (Å²) in [5, 5.41) is 0. The molecule has 1 aliphatic heterocycles. The number of amides is 1. The second kappa shape index (κ2) is 7.73. The van der Waals surface area contributed by atoms with Gasteiger partial charge in [0.1, 0.15) is 5.75 Å². The number of rotatable bonds is 5. The van der Waals surface area contributed by atoms with E-state index in [0.29, 0.717) is 18.1 Å². The summed E-state index contributed by atoms with van der Waals surface area (Å²) >= 11 is 0. The first-order valence-corrected chi connectivity index (χ1v) is 9.57. The molecule has 1 heterocycles. The lowest BCUT2D eigenvalue weighted by atomic mass is 10.0.